The lowest BCUT2D eigenvalue weighted by molar-refractivity contribution is 0.0959. The van der Waals surface area contributed by atoms with Gasteiger partial charge in [0.15, 0.2) is 0 Å². The second kappa shape index (κ2) is 6.90. The van der Waals surface area contributed by atoms with Gasteiger partial charge in [-0.15, -0.1) is 0 Å². The molecule has 20 heavy (non-hydrogen) atoms. The highest BCUT2D eigenvalue weighted by Crippen LogP contribution is 2.34. The third kappa shape index (κ3) is 3.27. The number of nitrogens with one attached hydrogen (secondary N) is 2. The van der Waals surface area contributed by atoms with Crippen LogP contribution in [0.2, 0.25) is 0 Å². The third-order valence-corrected chi connectivity index (χ3v) is 3.25. The number of nitriles is 1. The van der Waals surface area contributed by atoms with Crippen LogP contribution in [0.15, 0.2) is 18.2 Å². The number of benzene rings is 1. The van der Waals surface area contributed by atoms with Gasteiger partial charge in [-0.05, 0) is 37.5 Å². The molecule has 1 amide bonds. The molecule has 5 heteroatoms. The molecule has 2 N–H and O–H groups in total. The Morgan fingerprint density at radius 2 is 2.05 bits per heavy atom. The smallest absolute Gasteiger partial charge is 0.253 e. The first-order valence-electron chi connectivity index (χ1n) is 6.81. The molecular weight excluding hydrogens is 257 g/mol. The molecule has 0 aromatic heterocycles. The zero-order valence-electron chi connectivity index (χ0n) is 12.1. The van der Waals surface area contributed by atoms with Gasteiger partial charge in [0, 0.05) is 12.7 Å². The molecule has 0 saturated heterocycles. The molecule has 108 valence electrons. The Labute approximate surface area is 119 Å². The predicted molar refractivity (Wildman–Crippen MR) is 77.0 cm³/mol. The first-order valence-corrected chi connectivity index (χ1v) is 6.81. The maximum Gasteiger partial charge on any atom is 0.253 e. The van der Waals surface area contributed by atoms with E-state index in [2.05, 4.69) is 16.7 Å². The van der Waals surface area contributed by atoms with Gasteiger partial charge in [-0.2, -0.15) is 5.26 Å². The molecule has 0 atom stereocenters. The van der Waals surface area contributed by atoms with Crippen molar-refractivity contribution in [3.63, 3.8) is 0 Å². The zero-order chi connectivity index (χ0) is 15.2. The summed E-state index contributed by atoms with van der Waals surface area (Å²) in [4.78, 5) is 11.3. The first-order chi connectivity index (χ1) is 9.60. The third-order valence-electron chi connectivity index (χ3n) is 3.25. The summed E-state index contributed by atoms with van der Waals surface area (Å²) in [5.74, 6) is -1.05. The van der Waals surface area contributed by atoms with Crippen LogP contribution in [0.1, 0.15) is 43.5 Å². The van der Waals surface area contributed by atoms with Gasteiger partial charge in [0.25, 0.3) is 5.91 Å². The van der Waals surface area contributed by atoms with E-state index in [1.807, 2.05) is 13.8 Å². The van der Waals surface area contributed by atoms with Crippen molar-refractivity contribution >= 4 is 11.6 Å². The van der Waals surface area contributed by atoms with Crippen molar-refractivity contribution < 1.29 is 9.18 Å². The van der Waals surface area contributed by atoms with Gasteiger partial charge in [0.05, 0.1) is 11.6 Å². The minimum absolute atomic E-state index is 0.00247. The lowest BCUT2D eigenvalue weighted by atomic mass is 9.78. The van der Waals surface area contributed by atoms with Crippen LogP contribution < -0.4 is 10.6 Å². The van der Waals surface area contributed by atoms with Gasteiger partial charge < -0.3 is 10.6 Å². The van der Waals surface area contributed by atoms with E-state index in [1.54, 1.807) is 6.07 Å². The number of nitrogens with zero attached hydrogens (tertiary/aromatic N) is 1. The van der Waals surface area contributed by atoms with Crippen molar-refractivity contribution in [1.82, 2.24) is 5.32 Å². The highest BCUT2D eigenvalue weighted by molar-refractivity contribution is 5.94. The molecule has 0 heterocycles. The van der Waals surface area contributed by atoms with Gasteiger partial charge in [-0.25, -0.2) is 4.39 Å². The van der Waals surface area contributed by atoms with Crippen molar-refractivity contribution in [3.8, 4) is 6.07 Å². The van der Waals surface area contributed by atoms with Crippen molar-refractivity contribution in [2.45, 2.75) is 38.6 Å². The number of amides is 1. The standard InChI is InChI=1S/C13H14FN3O.C2H6/c1-16-12(18)10-4-3-9(7-11(10)14)17-13(8-15)5-2-6-13;1-2/h3-4,7,17H,2,5-6H2,1H3,(H,16,18);1-2H3. The molecule has 1 fully saturated rings. The fourth-order valence-corrected chi connectivity index (χ4v) is 1.98. The Bertz CT molecular complexity index is 518. The fourth-order valence-electron chi connectivity index (χ4n) is 1.98. The van der Waals surface area contributed by atoms with Crippen LogP contribution in [0, 0.1) is 17.1 Å². The van der Waals surface area contributed by atoms with Crippen LogP contribution >= 0.6 is 0 Å². The monoisotopic (exact) mass is 277 g/mol. The number of carbonyl (C=O) groups excluding carboxylic acids is 1. The summed E-state index contributed by atoms with van der Waals surface area (Å²) in [5, 5.41) is 14.5. The van der Waals surface area contributed by atoms with E-state index in [-0.39, 0.29) is 5.56 Å². The molecule has 1 saturated carbocycles. The van der Waals surface area contributed by atoms with E-state index in [9.17, 15) is 9.18 Å². The summed E-state index contributed by atoms with van der Waals surface area (Å²) in [5.41, 5.74) is -0.0369. The average molecular weight is 277 g/mol. The summed E-state index contributed by atoms with van der Waals surface area (Å²) < 4.78 is 13.7. The van der Waals surface area contributed by atoms with Crippen LogP contribution in [0.25, 0.3) is 0 Å². The van der Waals surface area contributed by atoms with E-state index in [0.717, 1.165) is 19.3 Å². The molecule has 1 aliphatic carbocycles. The number of rotatable bonds is 3. The number of hydrogen-bond acceptors (Lipinski definition) is 3. The molecule has 2 rings (SSSR count). The van der Waals surface area contributed by atoms with Gasteiger partial charge >= 0.3 is 0 Å². The summed E-state index contributed by atoms with van der Waals surface area (Å²) in [6.45, 7) is 4.00. The first kappa shape index (κ1) is 16.0. The summed E-state index contributed by atoms with van der Waals surface area (Å²) in [7, 11) is 1.45. The lowest BCUT2D eigenvalue weighted by Gasteiger charge is -2.36. The van der Waals surface area contributed by atoms with Crippen LogP contribution in [0.3, 0.4) is 0 Å². The maximum absolute atomic E-state index is 13.7. The van der Waals surface area contributed by atoms with Gasteiger partial charge in [0.1, 0.15) is 11.4 Å². The van der Waals surface area contributed by atoms with Crippen molar-refractivity contribution in [2.24, 2.45) is 0 Å². The summed E-state index contributed by atoms with van der Waals surface area (Å²) in [6, 6.07) is 6.50. The SMILES string of the molecule is CC.CNC(=O)c1ccc(NC2(C#N)CCC2)cc1F. The molecule has 0 spiro atoms. The minimum Gasteiger partial charge on any atom is -0.367 e. The number of hydrogen-bond donors (Lipinski definition) is 2. The van der Waals surface area contributed by atoms with Gasteiger partial charge in [-0.3, -0.25) is 4.79 Å². The summed E-state index contributed by atoms with van der Waals surface area (Å²) in [6.07, 6.45) is 2.53. The Morgan fingerprint density at radius 1 is 1.40 bits per heavy atom. The van der Waals surface area contributed by atoms with Crippen LogP contribution in [-0.4, -0.2) is 18.5 Å². The number of halogens is 1. The van der Waals surface area contributed by atoms with Crippen LogP contribution in [-0.2, 0) is 0 Å². The van der Waals surface area contributed by atoms with Crippen molar-refractivity contribution in [1.29, 1.82) is 5.26 Å². The number of anilines is 1. The summed E-state index contributed by atoms with van der Waals surface area (Å²) >= 11 is 0. The fraction of sp³-hybridized carbons (Fsp3) is 0.467. The van der Waals surface area contributed by atoms with E-state index in [4.69, 9.17) is 5.26 Å². The highest BCUT2D eigenvalue weighted by atomic mass is 19.1. The Balaban J connectivity index is 0.000000956. The zero-order valence-corrected chi connectivity index (χ0v) is 12.1. The molecule has 1 aromatic carbocycles. The maximum atomic E-state index is 13.7. The van der Waals surface area contributed by atoms with Crippen molar-refractivity contribution in [2.75, 3.05) is 12.4 Å². The normalized spacial score (nSPS) is 14.9. The van der Waals surface area contributed by atoms with Crippen LogP contribution in [0.4, 0.5) is 10.1 Å². The predicted octanol–water partition coefficient (Wildman–Crippen LogP) is 3.07. The topological polar surface area (TPSA) is 64.9 Å². The Morgan fingerprint density at radius 3 is 2.45 bits per heavy atom. The van der Waals surface area contributed by atoms with Gasteiger partial charge in [-0.1, -0.05) is 13.8 Å². The second-order valence-electron chi connectivity index (χ2n) is 4.45. The number of carbonyl (C=O) groups is 1. The second-order valence-corrected chi connectivity index (χ2v) is 4.45. The Kier molecular flexibility index (Phi) is 5.51. The van der Waals surface area contributed by atoms with Crippen molar-refractivity contribution in [3.05, 3.63) is 29.6 Å². The molecule has 0 unspecified atom stereocenters. The van der Waals surface area contributed by atoms with Gasteiger partial charge in [0.2, 0.25) is 0 Å². The molecular formula is C15H20FN3O. The minimum atomic E-state index is -0.591. The molecule has 0 bridgehead atoms. The molecule has 0 radical (unpaired) electrons. The lowest BCUT2D eigenvalue weighted by Crippen LogP contribution is -2.43. The molecule has 1 aromatic rings. The average Bonchev–Trinajstić information content (AvgIpc) is 2.44. The van der Waals surface area contributed by atoms with E-state index >= 15 is 0 Å². The molecule has 4 nitrogen and oxygen atoms in total. The van der Waals surface area contributed by atoms with E-state index in [0.29, 0.717) is 5.69 Å². The quantitative estimate of drug-likeness (QED) is 0.892. The van der Waals surface area contributed by atoms with E-state index < -0.39 is 17.3 Å². The highest BCUT2D eigenvalue weighted by Gasteiger charge is 2.37. The Hall–Kier alpha value is -2.09. The molecule has 0 aliphatic heterocycles. The van der Waals surface area contributed by atoms with E-state index in [1.165, 1.54) is 19.2 Å². The molecule has 1 aliphatic rings. The van der Waals surface area contributed by atoms with Crippen LogP contribution in [0.5, 0.6) is 0 Å². The largest absolute Gasteiger partial charge is 0.367 e.